The molecule has 3 heterocycles. The maximum Gasteiger partial charge on any atom is 0.262 e. The van der Waals surface area contributed by atoms with E-state index in [1.165, 1.54) is 6.07 Å². The molecule has 0 bridgehead atoms. The Bertz CT molecular complexity index is 1200. The number of amides is 1. The molecule has 1 atom stereocenters. The zero-order chi connectivity index (χ0) is 22.3. The monoisotopic (exact) mass is 441 g/mol. The average molecular weight is 442 g/mol. The second-order valence-electron chi connectivity index (χ2n) is 8.67. The fourth-order valence-corrected chi connectivity index (χ4v) is 5.42. The van der Waals surface area contributed by atoms with Gasteiger partial charge in [-0.05, 0) is 43.9 Å². The van der Waals surface area contributed by atoms with Crippen LogP contribution >= 0.6 is 11.3 Å². The molecule has 4 rings (SSSR count). The molecule has 0 aliphatic carbocycles. The number of carbonyl (C=O) groups is 1. The summed E-state index contributed by atoms with van der Waals surface area (Å²) in [5.74, 6) is 0.391. The highest BCUT2D eigenvalue weighted by Crippen LogP contribution is 2.30. The van der Waals surface area contributed by atoms with Crippen molar-refractivity contribution in [3.63, 3.8) is 0 Å². The minimum Gasteiger partial charge on any atom is -0.340 e. The fraction of sp³-hybridized carbons (Fsp3) is 0.458. The summed E-state index contributed by atoms with van der Waals surface area (Å²) in [6, 6.07) is 6.26. The average Bonchev–Trinajstić information content (AvgIpc) is 3.03. The minimum atomic E-state index is -0.360. The lowest BCUT2D eigenvalue weighted by Crippen LogP contribution is -2.44. The quantitative estimate of drug-likeness (QED) is 0.587. The predicted molar refractivity (Wildman–Crippen MR) is 122 cm³/mol. The van der Waals surface area contributed by atoms with Crippen LogP contribution in [0, 0.1) is 19.7 Å². The van der Waals surface area contributed by atoms with Crippen LogP contribution in [0.3, 0.4) is 0 Å². The molecule has 5 nitrogen and oxygen atoms in total. The van der Waals surface area contributed by atoms with Gasteiger partial charge in [0, 0.05) is 23.9 Å². The standard InChI is InChI=1S/C24H28FN3O2S/c1-14(2)22-26-23-21(15(3)16(4)31-23)24(30)28(22)18-9-7-11-27(13-18)20(29)12-17-8-5-6-10-19(17)25/h5-6,8,10,14,18H,7,9,11-13H2,1-4H3/t18-/m1/s1. The molecule has 1 fully saturated rings. The van der Waals surface area contributed by atoms with Crippen LogP contribution in [0.5, 0.6) is 0 Å². The van der Waals surface area contributed by atoms with Gasteiger partial charge in [-0.3, -0.25) is 14.2 Å². The Morgan fingerprint density at radius 3 is 2.74 bits per heavy atom. The normalized spacial score (nSPS) is 17.0. The number of aryl methyl sites for hydroxylation is 2. The maximum absolute atomic E-state index is 14.0. The van der Waals surface area contributed by atoms with E-state index in [-0.39, 0.29) is 35.7 Å². The van der Waals surface area contributed by atoms with Crippen molar-refractivity contribution in [1.29, 1.82) is 0 Å². The van der Waals surface area contributed by atoms with E-state index < -0.39 is 0 Å². The molecule has 31 heavy (non-hydrogen) atoms. The van der Waals surface area contributed by atoms with Gasteiger partial charge in [-0.15, -0.1) is 11.3 Å². The minimum absolute atomic E-state index is 0.0102. The van der Waals surface area contributed by atoms with Gasteiger partial charge in [0.25, 0.3) is 5.56 Å². The lowest BCUT2D eigenvalue weighted by atomic mass is 10.0. The highest BCUT2D eigenvalue weighted by Gasteiger charge is 2.29. The summed E-state index contributed by atoms with van der Waals surface area (Å²) < 4.78 is 15.8. The first kappa shape index (κ1) is 21.7. The summed E-state index contributed by atoms with van der Waals surface area (Å²) in [6.07, 6.45) is 1.65. The molecule has 1 saturated heterocycles. The fourth-order valence-electron chi connectivity index (χ4n) is 4.39. The van der Waals surface area contributed by atoms with Crippen molar-refractivity contribution < 1.29 is 9.18 Å². The third-order valence-corrected chi connectivity index (χ3v) is 7.29. The lowest BCUT2D eigenvalue weighted by Gasteiger charge is -2.35. The summed E-state index contributed by atoms with van der Waals surface area (Å²) >= 11 is 1.56. The number of carbonyl (C=O) groups excluding carboxylic acids is 1. The summed E-state index contributed by atoms with van der Waals surface area (Å²) in [5.41, 5.74) is 1.39. The van der Waals surface area contributed by atoms with Crippen LogP contribution in [0.25, 0.3) is 10.2 Å². The SMILES string of the molecule is Cc1sc2nc(C(C)C)n([C@@H]3CCCN(C(=O)Cc4ccccc4F)C3)c(=O)c2c1C. The summed E-state index contributed by atoms with van der Waals surface area (Å²) in [7, 11) is 0. The van der Waals surface area contributed by atoms with Crippen LogP contribution < -0.4 is 5.56 Å². The number of likely N-dealkylation sites (tertiary alicyclic amines) is 1. The van der Waals surface area contributed by atoms with E-state index in [4.69, 9.17) is 4.98 Å². The van der Waals surface area contributed by atoms with Crippen molar-refractivity contribution in [2.24, 2.45) is 0 Å². The first-order valence-corrected chi connectivity index (χ1v) is 11.6. The van der Waals surface area contributed by atoms with Crippen LogP contribution in [-0.4, -0.2) is 33.4 Å². The van der Waals surface area contributed by atoms with Gasteiger partial charge in [0.15, 0.2) is 0 Å². The maximum atomic E-state index is 14.0. The Morgan fingerprint density at radius 2 is 2.03 bits per heavy atom. The van der Waals surface area contributed by atoms with Gasteiger partial charge in [0.1, 0.15) is 16.5 Å². The molecule has 1 aliphatic rings. The molecule has 1 aromatic carbocycles. The van der Waals surface area contributed by atoms with Crippen molar-refractivity contribution in [2.75, 3.05) is 13.1 Å². The van der Waals surface area contributed by atoms with Crippen LogP contribution in [0.1, 0.15) is 60.5 Å². The Kier molecular flexibility index (Phi) is 5.97. The van der Waals surface area contributed by atoms with E-state index in [9.17, 15) is 14.0 Å². The van der Waals surface area contributed by atoms with Crippen molar-refractivity contribution in [3.8, 4) is 0 Å². The van der Waals surface area contributed by atoms with E-state index in [1.807, 2.05) is 32.3 Å². The van der Waals surface area contributed by atoms with Gasteiger partial charge in [-0.2, -0.15) is 0 Å². The largest absolute Gasteiger partial charge is 0.340 e. The Hall–Kier alpha value is -2.54. The van der Waals surface area contributed by atoms with Gasteiger partial charge in [0.2, 0.25) is 5.91 Å². The number of hydrogen-bond acceptors (Lipinski definition) is 4. The number of hydrogen-bond donors (Lipinski definition) is 0. The predicted octanol–water partition coefficient (Wildman–Crippen LogP) is 4.74. The first-order valence-electron chi connectivity index (χ1n) is 10.8. The number of nitrogens with zero attached hydrogens (tertiary/aromatic N) is 3. The number of thiophene rings is 1. The summed E-state index contributed by atoms with van der Waals surface area (Å²) in [6.45, 7) is 9.15. The first-order chi connectivity index (χ1) is 14.8. The second-order valence-corrected chi connectivity index (χ2v) is 9.87. The van der Waals surface area contributed by atoms with Crippen molar-refractivity contribution in [1.82, 2.24) is 14.5 Å². The van der Waals surface area contributed by atoms with Gasteiger partial charge in [-0.1, -0.05) is 32.0 Å². The molecule has 0 saturated carbocycles. The van der Waals surface area contributed by atoms with E-state index in [1.54, 1.807) is 34.4 Å². The molecule has 3 aromatic rings. The highest BCUT2D eigenvalue weighted by molar-refractivity contribution is 7.18. The van der Waals surface area contributed by atoms with Gasteiger partial charge in [0.05, 0.1) is 17.8 Å². The smallest absolute Gasteiger partial charge is 0.262 e. The van der Waals surface area contributed by atoms with Gasteiger partial charge >= 0.3 is 0 Å². The van der Waals surface area contributed by atoms with E-state index in [2.05, 4.69) is 0 Å². The number of piperidine rings is 1. The molecule has 0 N–H and O–H groups in total. The van der Waals surface area contributed by atoms with Gasteiger partial charge < -0.3 is 4.90 Å². The van der Waals surface area contributed by atoms with Crippen LogP contribution in [0.4, 0.5) is 4.39 Å². The zero-order valence-corrected chi connectivity index (χ0v) is 19.3. The van der Waals surface area contributed by atoms with Gasteiger partial charge in [-0.25, -0.2) is 9.37 Å². The number of halogens is 1. The van der Waals surface area contributed by atoms with E-state index in [0.717, 1.165) is 33.9 Å². The number of fused-ring (bicyclic) bond motifs is 1. The lowest BCUT2D eigenvalue weighted by molar-refractivity contribution is -0.132. The molecule has 2 aromatic heterocycles. The molecule has 0 unspecified atom stereocenters. The van der Waals surface area contributed by atoms with Crippen LogP contribution in [0.15, 0.2) is 29.1 Å². The van der Waals surface area contributed by atoms with E-state index >= 15 is 0 Å². The van der Waals surface area contributed by atoms with Crippen molar-refractivity contribution >= 4 is 27.5 Å². The third-order valence-electron chi connectivity index (χ3n) is 6.19. The molecular weight excluding hydrogens is 413 g/mol. The second kappa shape index (κ2) is 8.54. The van der Waals surface area contributed by atoms with Crippen LogP contribution in [-0.2, 0) is 11.2 Å². The number of benzene rings is 1. The summed E-state index contributed by atoms with van der Waals surface area (Å²) in [4.78, 5) is 35.0. The molecule has 164 valence electrons. The topological polar surface area (TPSA) is 55.2 Å². The Balaban J connectivity index is 1.68. The van der Waals surface area contributed by atoms with Crippen molar-refractivity contribution in [2.45, 2.75) is 58.9 Å². The number of rotatable bonds is 4. The molecule has 1 aliphatic heterocycles. The summed E-state index contributed by atoms with van der Waals surface area (Å²) in [5, 5.41) is 0.696. The Labute approximate surface area is 185 Å². The molecule has 0 radical (unpaired) electrons. The number of aromatic nitrogens is 2. The molecule has 0 spiro atoms. The van der Waals surface area contributed by atoms with E-state index in [0.29, 0.717) is 24.0 Å². The molecule has 7 heteroatoms. The zero-order valence-electron chi connectivity index (χ0n) is 18.4. The molecule has 1 amide bonds. The van der Waals surface area contributed by atoms with Crippen LogP contribution in [0.2, 0.25) is 0 Å². The third kappa shape index (κ3) is 4.03. The van der Waals surface area contributed by atoms with Crippen molar-refractivity contribution in [3.05, 3.63) is 62.3 Å². The Morgan fingerprint density at radius 1 is 1.29 bits per heavy atom. The molecular formula is C24H28FN3O2S. The highest BCUT2D eigenvalue weighted by atomic mass is 32.1.